The van der Waals surface area contributed by atoms with Crippen LogP contribution in [0.3, 0.4) is 0 Å². The number of benzene rings is 10. The standard InChI is InChI=1S/C62H31N5O3/c63-32-34-25-51(65-48-19-7-1-13-35(48)41-29-58-44(26-52(41)65)38-16-4-10-22-55(38)68-58)47(33-64)62(67-50-21-9-3-15-37(50)43-31-60-46(28-54(43)67)40-18-6-12-24-57(40)70-60)61(34)66-49-20-8-2-14-36(49)42-30-59-45(27-53(42)66)39-17-5-11-23-56(39)69-59/h1-31H/i1D,2D,3D,4D,5D,6D,7D,8D,9D,10D,11D,12D,13D,14D,15D,16D,17D,18D,19D,20D,21D,22D,23D,24D,26D,27D,28D,29D,30D,31D. The lowest BCUT2D eigenvalue weighted by atomic mass is 10.0. The molecule has 0 amide bonds. The van der Waals surface area contributed by atoms with E-state index in [0.717, 1.165) is 19.8 Å². The number of aromatic nitrogens is 3. The lowest BCUT2D eigenvalue weighted by Crippen LogP contribution is -2.12. The van der Waals surface area contributed by atoms with Crippen molar-refractivity contribution >= 4 is 131 Å². The molecular formula is C62H31N5O3. The van der Waals surface area contributed by atoms with Crippen LogP contribution in [0.5, 0.6) is 0 Å². The summed E-state index contributed by atoms with van der Waals surface area (Å²) in [7, 11) is 0. The van der Waals surface area contributed by atoms with Crippen molar-refractivity contribution in [3.63, 3.8) is 0 Å². The molecule has 0 bridgehead atoms. The van der Waals surface area contributed by atoms with E-state index in [1.165, 1.54) is 0 Å². The van der Waals surface area contributed by atoms with Crippen LogP contribution >= 0.6 is 0 Å². The molecule has 16 rings (SSSR count). The van der Waals surface area contributed by atoms with Crippen LogP contribution in [-0.2, 0) is 0 Å². The number of hydrogen-bond donors (Lipinski definition) is 0. The van der Waals surface area contributed by atoms with E-state index in [1.54, 1.807) is 0 Å². The van der Waals surface area contributed by atoms with Crippen molar-refractivity contribution in [1.82, 2.24) is 13.7 Å². The summed E-state index contributed by atoms with van der Waals surface area (Å²) >= 11 is 0. The molecule has 8 nitrogen and oxygen atoms in total. The molecule has 0 saturated carbocycles. The SMILES string of the molecule is [2H]c1c([2H])c([2H])c2c(oc3c([2H])c4c5c([2H])c([2H])c([2H])c([2H])c5n(-c5cc(C#N)c(-n6c7c([2H])c([2H])c([2H])c([2H])c7c7c([2H])c8oc9c([2H])c([2H])c([2H])c([2H])c9c8c([2H])c76)c(-n6c7c([2H])c([2H])c([2H])c([2H])c7c7c([2H])c8oc9c([2H])c([2H])c([2H])c([2H])c9c8c([2H])c76)c5C#N)c4c([2H])c32)c1[2H]. The lowest BCUT2D eigenvalue weighted by molar-refractivity contribution is 0.669. The predicted octanol–water partition coefficient (Wildman–Crippen LogP) is 16.4. The number of rotatable bonds is 3. The Morgan fingerprint density at radius 2 is 0.686 bits per heavy atom. The predicted molar refractivity (Wildman–Crippen MR) is 281 cm³/mol. The number of para-hydroxylation sites is 6. The maximum atomic E-state index is 12.6. The van der Waals surface area contributed by atoms with Crippen molar-refractivity contribution in [3.8, 4) is 29.2 Å². The van der Waals surface area contributed by atoms with E-state index in [9.17, 15) is 31.1 Å². The number of nitriles is 2. The van der Waals surface area contributed by atoms with Crippen molar-refractivity contribution in [1.29, 1.82) is 10.5 Å². The summed E-state index contributed by atoms with van der Waals surface area (Å²) in [4.78, 5) is 0. The Labute approximate surface area is 437 Å². The van der Waals surface area contributed by atoms with Gasteiger partial charge in [0.25, 0.3) is 0 Å². The first-order chi connectivity index (χ1) is 47.2. The molecule has 0 aliphatic carbocycles. The van der Waals surface area contributed by atoms with Gasteiger partial charge in [0.1, 0.15) is 51.2 Å². The lowest BCUT2D eigenvalue weighted by Gasteiger charge is -2.22. The molecule has 0 radical (unpaired) electrons. The monoisotopic (exact) mass is 923 g/mol. The van der Waals surface area contributed by atoms with E-state index < -0.39 is 341 Å². The molecule has 0 aliphatic rings. The largest absolute Gasteiger partial charge is 0.456 e. The fourth-order valence-corrected chi connectivity index (χ4v) is 9.64. The van der Waals surface area contributed by atoms with Gasteiger partial charge in [-0.25, -0.2) is 0 Å². The Morgan fingerprint density at radius 3 is 1.10 bits per heavy atom. The van der Waals surface area contributed by atoms with Crippen LogP contribution in [0.15, 0.2) is 201 Å². The minimum absolute atomic E-state index is 0.477. The van der Waals surface area contributed by atoms with Gasteiger partial charge in [-0.05, 0) is 78.6 Å². The Bertz CT molecular complexity index is 6940. The summed E-state index contributed by atoms with van der Waals surface area (Å²) in [5.41, 5.74) is -12.5. The second-order valence-corrected chi connectivity index (χ2v) is 15.9. The summed E-state index contributed by atoms with van der Waals surface area (Å²) in [6.45, 7) is 0. The van der Waals surface area contributed by atoms with Crippen LogP contribution in [0.4, 0.5) is 0 Å². The number of furan rings is 3. The molecule has 0 unspecified atom stereocenters. The molecule has 6 aromatic heterocycles. The van der Waals surface area contributed by atoms with Crippen molar-refractivity contribution in [2.45, 2.75) is 0 Å². The minimum atomic E-state index is -1.05. The Kier molecular flexibility index (Phi) is 3.60. The third kappa shape index (κ3) is 4.71. The van der Waals surface area contributed by atoms with Crippen molar-refractivity contribution in [2.24, 2.45) is 0 Å². The van der Waals surface area contributed by atoms with E-state index >= 15 is 0 Å². The fraction of sp³-hybridized carbons (Fsp3) is 0. The zero-order valence-corrected chi connectivity index (χ0v) is 34.5. The fourth-order valence-electron chi connectivity index (χ4n) is 9.64. The Balaban J connectivity index is 1.26. The van der Waals surface area contributed by atoms with Crippen LogP contribution in [0.2, 0.25) is 0 Å². The summed E-state index contributed by atoms with van der Waals surface area (Å²) < 4.78 is 300. The average molecular weight is 924 g/mol. The molecule has 0 fully saturated rings. The van der Waals surface area contributed by atoms with E-state index in [-0.39, 0.29) is 0 Å². The number of fused-ring (bicyclic) bond motifs is 18. The van der Waals surface area contributed by atoms with E-state index in [1.807, 2.05) is 12.1 Å². The zero-order chi connectivity index (χ0) is 72.0. The van der Waals surface area contributed by atoms with E-state index in [0.29, 0.717) is 0 Å². The van der Waals surface area contributed by atoms with Crippen molar-refractivity contribution in [2.75, 3.05) is 0 Å². The van der Waals surface area contributed by atoms with Crippen LogP contribution in [0.25, 0.3) is 148 Å². The second kappa shape index (κ2) is 13.3. The highest BCUT2D eigenvalue weighted by Crippen LogP contribution is 2.47. The van der Waals surface area contributed by atoms with Gasteiger partial charge in [-0.1, -0.05) is 109 Å². The molecule has 6 heterocycles. The second-order valence-electron chi connectivity index (χ2n) is 15.9. The molecule has 0 atom stereocenters. The minimum Gasteiger partial charge on any atom is -0.456 e. The van der Waals surface area contributed by atoms with Crippen molar-refractivity contribution < 1.29 is 54.4 Å². The molecule has 16 aromatic rings. The smallest absolute Gasteiger partial charge is 0.136 e. The first kappa shape index (κ1) is 18.9. The zero-order valence-electron chi connectivity index (χ0n) is 64.5. The van der Waals surface area contributed by atoms with Gasteiger partial charge in [0, 0.05) is 64.6 Å². The summed E-state index contributed by atoms with van der Waals surface area (Å²) in [5.74, 6) is 0. The highest BCUT2D eigenvalue weighted by molar-refractivity contribution is 6.21. The van der Waals surface area contributed by atoms with Gasteiger partial charge in [0.05, 0.1) is 96.8 Å². The third-order valence-electron chi connectivity index (χ3n) is 12.4. The normalized spacial score (nSPS) is 18.3. The highest BCUT2D eigenvalue weighted by atomic mass is 16.3. The van der Waals surface area contributed by atoms with E-state index in [4.69, 9.17) is 33.8 Å². The Hall–Kier alpha value is -10.0. The number of hydrogen-bond acceptors (Lipinski definition) is 5. The quantitative estimate of drug-likeness (QED) is 0.176. The maximum absolute atomic E-state index is 12.6. The van der Waals surface area contributed by atoms with E-state index in [2.05, 4.69) is 0 Å². The van der Waals surface area contributed by atoms with Gasteiger partial charge in [-0.3, -0.25) is 0 Å². The first-order valence-corrected chi connectivity index (χ1v) is 20.8. The summed E-state index contributed by atoms with van der Waals surface area (Å²) in [6, 6.07) is -21.8. The molecule has 8 heteroatoms. The molecular weight excluding hydrogens is 863 g/mol. The average Bonchev–Trinajstić information content (AvgIpc) is 1.51. The molecule has 322 valence electrons. The van der Waals surface area contributed by atoms with Gasteiger partial charge < -0.3 is 27.0 Å². The molecule has 0 spiro atoms. The van der Waals surface area contributed by atoms with Gasteiger partial charge in [0.2, 0.25) is 0 Å². The highest BCUT2D eigenvalue weighted by Gasteiger charge is 2.30. The summed E-state index contributed by atoms with van der Waals surface area (Å²) in [5, 5.41) is 18.0. The van der Waals surface area contributed by atoms with Crippen LogP contribution in [-0.4, -0.2) is 13.7 Å². The first-order valence-electron chi connectivity index (χ1n) is 35.8. The Morgan fingerprint density at radius 1 is 0.329 bits per heavy atom. The molecule has 10 aromatic carbocycles. The molecule has 0 saturated heterocycles. The number of nitrogens with zero attached hydrogens (tertiary/aromatic N) is 5. The van der Waals surface area contributed by atoms with Crippen LogP contribution in [0, 0.1) is 22.7 Å². The summed E-state index contributed by atoms with van der Waals surface area (Å²) in [6.07, 6.45) is 0. The van der Waals surface area contributed by atoms with Gasteiger partial charge >= 0.3 is 0 Å². The van der Waals surface area contributed by atoms with Crippen molar-refractivity contribution in [3.05, 3.63) is 198 Å². The van der Waals surface area contributed by atoms with Gasteiger partial charge in [0.15, 0.2) is 0 Å². The van der Waals surface area contributed by atoms with Gasteiger partial charge in [-0.15, -0.1) is 0 Å². The third-order valence-corrected chi connectivity index (χ3v) is 12.4. The topological polar surface area (TPSA) is 102 Å². The van der Waals surface area contributed by atoms with Crippen LogP contribution in [0.1, 0.15) is 52.2 Å². The van der Waals surface area contributed by atoms with Gasteiger partial charge in [-0.2, -0.15) is 10.5 Å². The molecule has 70 heavy (non-hydrogen) atoms. The molecule has 0 N–H and O–H groups in total. The van der Waals surface area contributed by atoms with Crippen LogP contribution < -0.4 is 0 Å². The molecule has 0 aliphatic heterocycles. The maximum Gasteiger partial charge on any atom is 0.136 e.